The third-order valence-electron chi connectivity index (χ3n) is 1.84. The monoisotopic (exact) mass is 194 g/mol. The molecule has 1 aromatic carbocycles. The van der Waals surface area contributed by atoms with Crippen molar-refractivity contribution < 1.29 is 9.53 Å². The number of para-hydroxylation sites is 1. The van der Waals surface area contributed by atoms with Crippen LogP contribution < -0.4 is 16.0 Å². The molecule has 0 radical (unpaired) electrons. The first-order chi connectivity index (χ1) is 6.74. The summed E-state index contributed by atoms with van der Waals surface area (Å²) in [6, 6.07) is 7.66. The topological polar surface area (TPSA) is 64.3 Å². The minimum atomic E-state index is -0.224. The van der Waals surface area contributed by atoms with Crippen molar-refractivity contribution >= 4 is 5.91 Å². The van der Waals surface area contributed by atoms with Gasteiger partial charge in [0.25, 0.3) is 0 Å². The van der Waals surface area contributed by atoms with Gasteiger partial charge in [-0.15, -0.1) is 0 Å². The van der Waals surface area contributed by atoms with Gasteiger partial charge in [-0.3, -0.25) is 10.2 Å². The number of rotatable bonds is 4. The Morgan fingerprint density at radius 2 is 2.21 bits per heavy atom. The van der Waals surface area contributed by atoms with Crippen molar-refractivity contribution in [2.75, 3.05) is 6.61 Å². The second-order valence-corrected chi connectivity index (χ2v) is 2.93. The number of carbonyl (C=O) groups is 1. The number of aryl methyl sites for hydroxylation is 1. The molecule has 1 amide bonds. The van der Waals surface area contributed by atoms with E-state index in [1.165, 1.54) is 0 Å². The standard InChI is InChI=1S/C10H14N2O2/c1-8-4-2-3-5-9(8)14-7-6-10(13)12-11/h2-5H,6-7,11H2,1H3,(H,12,13). The molecule has 4 heteroatoms. The van der Waals surface area contributed by atoms with Gasteiger partial charge < -0.3 is 4.74 Å². The fourth-order valence-electron chi connectivity index (χ4n) is 1.04. The van der Waals surface area contributed by atoms with E-state index in [0.717, 1.165) is 11.3 Å². The second-order valence-electron chi connectivity index (χ2n) is 2.93. The third kappa shape index (κ3) is 3.06. The van der Waals surface area contributed by atoms with E-state index in [2.05, 4.69) is 0 Å². The summed E-state index contributed by atoms with van der Waals surface area (Å²) in [6.45, 7) is 2.30. The molecule has 0 fully saturated rings. The van der Waals surface area contributed by atoms with Crippen LogP contribution in [-0.2, 0) is 4.79 Å². The smallest absolute Gasteiger partial charge is 0.237 e. The van der Waals surface area contributed by atoms with Gasteiger partial charge in [-0.25, -0.2) is 5.84 Å². The molecule has 0 heterocycles. The number of hydrogen-bond acceptors (Lipinski definition) is 3. The highest BCUT2D eigenvalue weighted by Crippen LogP contribution is 2.15. The SMILES string of the molecule is Cc1ccccc1OCCC(=O)NN. The zero-order valence-corrected chi connectivity index (χ0v) is 8.12. The van der Waals surface area contributed by atoms with Crippen molar-refractivity contribution in [1.82, 2.24) is 5.43 Å². The number of benzene rings is 1. The van der Waals surface area contributed by atoms with Crippen molar-refractivity contribution in [2.24, 2.45) is 5.84 Å². The summed E-state index contributed by atoms with van der Waals surface area (Å²) in [5.74, 6) is 5.51. The zero-order valence-electron chi connectivity index (χ0n) is 8.12. The van der Waals surface area contributed by atoms with E-state index in [0.29, 0.717) is 6.61 Å². The molecule has 3 N–H and O–H groups in total. The van der Waals surface area contributed by atoms with Crippen molar-refractivity contribution in [1.29, 1.82) is 0 Å². The van der Waals surface area contributed by atoms with Crippen LogP contribution in [0.4, 0.5) is 0 Å². The quantitative estimate of drug-likeness (QED) is 0.422. The lowest BCUT2D eigenvalue weighted by atomic mass is 10.2. The molecule has 1 aromatic rings. The van der Waals surface area contributed by atoms with Crippen LogP contribution in [0.2, 0.25) is 0 Å². The first-order valence-corrected chi connectivity index (χ1v) is 4.42. The van der Waals surface area contributed by atoms with Crippen LogP contribution in [0.15, 0.2) is 24.3 Å². The Labute approximate surface area is 83.0 Å². The third-order valence-corrected chi connectivity index (χ3v) is 1.84. The number of nitrogens with one attached hydrogen (secondary N) is 1. The van der Waals surface area contributed by atoms with Crippen LogP contribution in [0, 0.1) is 6.92 Å². The Bertz CT molecular complexity index is 313. The average molecular weight is 194 g/mol. The van der Waals surface area contributed by atoms with E-state index >= 15 is 0 Å². The van der Waals surface area contributed by atoms with Gasteiger partial charge in [0.1, 0.15) is 5.75 Å². The van der Waals surface area contributed by atoms with Crippen LogP contribution in [0.1, 0.15) is 12.0 Å². The summed E-state index contributed by atoms with van der Waals surface area (Å²) in [5, 5.41) is 0. The van der Waals surface area contributed by atoms with E-state index in [4.69, 9.17) is 10.6 Å². The molecule has 1 rings (SSSR count). The lowest BCUT2D eigenvalue weighted by molar-refractivity contribution is -0.121. The van der Waals surface area contributed by atoms with Gasteiger partial charge in [0.15, 0.2) is 0 Å². The summed E-state index contributed by atoms with van der Waals surface area (Å²) in [6.07, 6.45) is 0.269. The van der Waals surface area contributed by atoms with Gasteiger partial charge >= 0.3 is 0 Å². The highest BCUT2D eigenvalue weighted by Gasteiger charge is 2.00. The number of hydrogen-bond donors (Lipinski definition) is 2. The Kier molecular flexibility index (Phi) is 3.94. The maximum absolute atomic E-state index is 10.8. The number of ether oxygens (including phenoxy) is 1. The van der Waals surface area contributed by atoms with E-state index in [1.807, 2.05) is 36.6 Å². The summed E-state index contributed by atoms with van der Waals surface area (Å²) >= 11 is 0. The molecule has 0 aliphatic carbocycles. The van der Waals surface area contributed by atoms with Gasteiger partial charge in [-0.05, 0) is 18.6 Å². The van der Waals surface area contributed by atoms with Gasteiger partial charge in [0.2, 0.25) is 5.91 Å². The number of hydrazine groups is 1. The van der Waals surface area contributed by atoms with Crippen LogP contribution in [0.25, 0.3) is 0 Å². The van der Waals surface area contributed by atoms with E-state index in [-0.39, 0.29) is 12.3 Å². The largest absolute Gasteiger partial charge is 0.493 e. The Balaban J connectivity index is 2.39. The van der Waals surface area contributed by atoms with Crippen molar-refractivity contribution in [3.05, 3.63) is 29.8 Å². The number of nitrogens with two attached hydrogens (primary N) is 1. The fraction of sp³-hybridized carbons (Fsp3) is 0.300. The summed E-state index contributed by atoms with van der Waals surface area (Å²) in [4.78, 5) is 10.8. The van der Waals surface area contributed by atoms with E-state index in [1.54, 1.807) is 0 Å². The Hall–Kier alpha value is -1.55. The van der Waals surface area contributed by atoms with Gasteiger partial charge in [0.05, 0.1) is 13.0 Å². The number of amides is 1. The van der Waals surface area contributed by atoms with Gasteiger partial charge in [-0.2, -0.15) is 0 Å². The lowest BCUT2D eigenvalue weighted by Crippen LogP contribution is -2.31. The second kappa shape index (κ2) is 5.24. The zero-order chi connectivity index (χ0) is 10.4. The predicted molar refractivity (Wildman–Crippen MR) is 53.6 cm³/mol. The maximum atomic E-state index is 10.8. The molecule has 14 heavy (non-hydrogen) atoms. The fourth-order valence-corrected chi connectivity index (χ4v) is 1.04. The number of carbonyl (C=O) groups excluding carboxylic acids is 1. The van der Waals surface area contributed by atoms with Gasteiger partial charge in [-0.1, -0.05) is 18.2 Å². The van der Waals surface area contributed by atoms with E-state index in [9.17, 15) is 4.79 Å². The molecule has 4 nitrogen and oxygen atoms in total. The maximum Gasteiger partial charge on any atom is 0.237 e. The van der Waals surface area contributed by atoms with Crippen LogP contribution in [-0.4, -0.2) is 12.5 Å². The molecule has 0 unspecified atom stereocenters. The van der Waals surface area contributed by atoms with Crippen LogP contribution >= 0.6 is 0 Å². The molecule has 0 aliphatic rings. The highest BCUT2D eigenvalue weighted by atomic mass is 16.5. The molecule has 0 spiro atoms. The van der Waals surface area contributed by atoms with Crippen LogP contribution in [0.5, 0.6) is 5.75 Å². The predicted octanol–water partition coefficient (Wildman–Crippen LogP) is 0.754. The summed E-state index contributed by atoms with van der Waals surface area (Å²) < 4.78 is 5.39. The first-order valence-electron chi connectivity index (χ1n) is 4.42. The molecule has 0 bridgehead atoms. The molecular formula is C10H14N2O2. The minimum Gasteiger partial charge on any atom is -0.493 e. The average Bonchev–Trinajstić information content (AvgIpc) is 2.20. The normalized spacial score (nSPS) is 9.57. The molecule has 0 aromatic heterocycles. The van der Waals surface area contributed by atoms with Crippen LogP contribution in [0.3, 0.4) is 0 Å². The molecular weight excluding hydrogens is 180 g/mol. The Morgan fingerprint density at radius 3 is 2.86 bits per heavy atom. The Morgan fingerprint density at radius 1 is 1.50 bits per heavy atom. The van der Waals surface area contributed by atoms with Crippen molar-refractivity contribution in [3.8, 4) is 5.75 Å². The van der Waals surface area contributed by atoms with Crippen molar-refractivity contribution in [2.45, 2.75) is 13.3 Å². The molecule has 0 saturated heterocycles. The van der Waals surface area contributed by atoms with Gasteiger partial charge in [0, 0.05) is 0 Å². The molecule has 76 valence electrons. The lowest BCUT2D eigenvalue weighted by Gasteiger charge is -2.07. The summed E-state index contributed by atoms with van der Waals surface area (Å²) in [5.41, 5.74) is 3.10. The molecule has 0 atom stereocenters. The minimum absolute atomic E-state index is 0.224. The van der Waals surface area contributed by atoms with E-state index < -0.39 is 0 Å². The molecule has 0 aliphatic heterocycles. The van der Waals surface area contributed by atoms with Crippen molar-refractivity contribution in [3.63, 3.8) is 0 Å². The highest BCUT2D eigenvalue weighted by molar-refractivity contribution is 5.75. The first kappa shape index (κ1) is 10.5. The molecule has 0 saturated carbocycles. The summed E-state index contributed by atoms with van der Waals surface area (Å²) in [7, 11) is 0.